The van der Waals surface area contributed by atoms with E-state index in [1.807, 2.05) is 13.8 Å². The summed E-state index contributed by atoms with van der Waals surface area (Å²) in [4.78, 5) is 11.1. The molecule has 0 atom stereocenters. The van der Waals surface area contributed by atoms with Crippen molar-refractivity contribution in [3.63, 3.8) is 0 Å². The molecule has 0 radical (unpaired) electrons. The van der Waals surface area contributed by atoms with Gasteiger partial charge in [-0.3, -0.25) is 9.89 Å². The summed E-state index contributed by atoms with van der Waals surface area (Å²) in [6.07, 6.45) is 1.64. The second-order valence-corrected chi connectivity index (χ2v) is 4.44. The van der Waals surface area contributed by atoms with E-state index in [0.717, 1.165) is 24.1 Å². The van der Waals surface area contributed by atoms with Gasteiger partial charge in [0.1, 0.15) is 0 Å². The molecule has 5 nitrogen and oxygen atoms in total. The van der Waals surface area contributed by atoms with Crippen LogP contribution in [0.5, 0.6) is 0 Å². The number of rotatable bonds is 1. The van der Waals surface area contributed by atoms with Crippen LogP contribution in [0.1, 0.15) is 42.0 Å². The van der Waals surface area contributed by atoms with Gasteiger partial charge in [-0.15, -0.1) is 0 Å². The number of H-pyrrole nitrogens is 1. The third-order valence-electron chi connectivity index (χ3n) is 2.77. The van der Waals surface area contributed by atoms with Gasteiger partial charge in [0.05, 0.1) is 17.9 Å². The summed E-state index contributed by atoms with van der Waals surface area (Å²) >= 11 is 0. The van der Waals surface area contributed by atoms with E-state index in [9.17, 15) is 4.79 Å². The molecule has 0 saturated heterocycles. The van der Waals surface area contributed by atoms with Crippen LogP contribution in [0.4, 0.5) is 0 Å². The molecule has 0 bridgehead atoms. The van der Waals surface area contributed by atoms with Crippen LogP contribution < -0.4 is 5.73 Å². The van der Waals surface area contributed by atoms with Gasteiger partial charge in [0, 0.05) is 5.56 Å². The number of amides is 1. The SMILES string of the molecule is CC1(C)CCc2c(C(N)=O)n[nH]c2CO1. The van der Waals surface area contributed by atoms with Gasteiger partial charge in [-0.05, 0) is 26.7 Å². The topological polar surface area (TPSA) is 81.0 Å². The molecule has 3 N–H and O–H groups in total. The quantitative estimate of drug-likeness (QED) is 0.716. The fraction of sp³-hybridized carbons (Fsp3) is 0.600. The van der Waals surface area contributed by atoms with Crippen LogP contribution in [-0.2, 0) is 17.8 Å². The maximum absolute atomic E-state index is 11.1. The minimum atomic E-state index is -0.479. The highest BCUT2D eigenvalue weighted by Crippen LogP contribution is 2.26. The minimum Gasteiger partial charge on any atom is -0.369 e. The number of nitrogens with zero attached hydrogens (tertiary/aromatic N) is 1. The van der Waals surface area contributed by atoms with E-state index < -0.39 is 5.91 Å². The Kier molecular flexibility index (Phi) is 2.26. The number of aromatic nitrogens is 2. The number of carbonyl (C=O) groups excluding carboxylic acids is 1. The van der Waals surface area contributed by atoms with Gasteiger partial charge in [0.2, 0.25) is 0 Å². The number of primary amides is 1. The average Bonchev–Trinajstić information content (AvgIpc) is 2.49. The Morgan fingerprint density at radius 3 is 3.00 bits per heavy atom. The molecule has 0 aliphatic carbocycles. The van der Waals surface area contributed by atoms with Gasteiger partial charge in [-0.25, -0.2) is 0 Å². The molecule has 0 unspecified atom stereocenters. The first-order chi connectivity index (χ1) is 6.99. The highest BCUT2D eigenvalue weighted by molar-refractivity contribution is 5.92. The zero-order valence-corrected chi connectivity index (χ0v) is 8.96. The van der Waals surface area contributed by atoms with Gasteiger partial charge in [-0.1, -0.05) is 0 Å². The molecule has 2 heterocycles. The molecule has 82 valence electrons. The third kappa shape index (κ3) is 1.87. The Hall–Kier alpha value is -1.36. The number of fused-ring (bicyclic) bond motifs is 1. The Bertz CT molecular complexity index is 395. The van der Waals surface area contributed by atoms with Crippen molar-refractivity contribution in [2.24, 2.45) is 5.73 Å². The lowest BCUT2D eigenvalue weighted by Crippen LogP contribution is -2.23. The molecule has 15 heavy (non-hydrogen) atoms. The lowest BCUT2D eigenvalue weighted by Gasteiger charge is -2.22. The third-order valence-corrected chi connectivity index (χ3v) is 2.77. The molecule has 1 aliphatic rings. The molecule has 5 heteroatoms. The van der Waals surface area contributed by atoms with Crippen LogP contribution in [0, 0.1) is 0 Å². The zero-order valence-electron chi connectivity index (χ0n) is 8.96. The Labute approximate surface area is 88.0 Å². The van der Waals surface area contributed by atoms with E-state index in [1.54, 1.807) is 0 Å². The predicted molar refractivity (Wildman–Crippen MR) is 54.3 cm³/mol. The second-order valence-electron chi connectivity index (χ2n) is 4.44. The first-order valence-corrected chi connectivity index (χ1v) is 4.99. The van der Waals surface area contributed by atoms with Crippen molar-refractivity contribution in [2.45, 2.75) is 38.9 Å². The maximum Gasteiger partial charge on any atom is 0.269 e. The van der Waals surface area contributed by atoms with Crippen molar-refractivity contribution in [3.8, 4) is 0 Å². The molecule has 0 aromatic carbocycles. The van der Waals surface area contributed by atoms with Gasteiger partial charge in [0.25, 0.3) is 5.91 Å². The highest BCUT2D eigenvalue weighted by atomic mass is 16.5. The van der Waals surface area contributed by atoms with E-state index >= 15 is 0 Å². The molecule has 0 saturated carbocycles. The maximum atomic E-state index is 11.1. The largest absolute Gasteiger partial charge is 0.369 e. The van der Waals surface area contributed by atoms with Crippen LogP contribution in [0.2, 0.25) is 0 Å². The van der Waals surface area contributed by atoms with Crippen molar-refractivity contribution in [1.82, 2.24) is 10.2 Å². The Morgan fingerprint density at radius 1 is 1.60 bits per heavy atom. The standard InChI is InChI=1S/C10H15N3O2/c1-10(2)4-3-6-7(5-15-10)12-13-8(6)9(11)14/h3-5H2,1-2H3,(H2,11,14)(H,12,13). The van der Waals surface area contributed by atoms with Crippen molar-refractivity contribution < 1.29 is 9.53 Å². The Morgan fingerprint density at radius 2 is 2.33 bits per heavy atom. The smallest absolute Gasteiger partial charge is 0.269 e. The van der Waals surface area contributed by atoms with E-state index in [4.69, 9.17) is 10.5 Å². The van der Waals surface area contributed by atoms with Crippen molar-refractivity contribution >= 4 is 5.91 Å². The van der Waals surface area contributed by atoms with Gasteiger partial charge in [0.15, 0.2) is 5.69 Å². The summed E-state index contributed by atoms with van der Waals surface area (Å²) in [5.41, 5.74) is 7.21. The fourth-order valence-corrected chi connectivity index (χ4v) is 1.76. The monoisotopic (exact) mass is 209 g/mol. The molecule has 1 aromatic rings. The number of ether oxygens (including phenoxy) is 1. The average molecular weight is 209 g/mol. The first-order valence-electron chi connectivity index (χ1n) is 4.99. The number of nitrogens with one attached hydrogen (secondary N) is 1. The van der Waals surface area contributed by atoms with Crippen LogP contribution in [0.25, 0.3) is 0 Å². The van der Waals surface area contributed by atoms with E-state index in [0.29, 0.717) is 12.3 Å². The molecule has 1 aliphatic heterocycles. The second kappa shape index (κ2) is 3.34. The number of hydrogen-bond acceptors (Lipinski definition) is 3. The zero-order chi connectivity index (χ0) is 11.1. The molecular formula is C10H15N3O2. The van der Waals surface area contributed by atoms with E-state index in [1.165, 1.54) is 0 Å². The summed E-state index contributed by atoms with van der Waals surface area (Å²) in [6.45, 7) is 4.54. The molecule has 1 amide bonds. The molecule has 0 spiro atoms. The lowest BCUT2D eigenvalue weighted by molar-refractivity contribution is -0.0309. The molecule has 2 rings (SSSR count). The first kappa shape index (κ1) is 10.2. The Balaban J connectivity index is 2.33. The molecular weight excluding hydrogens is 194 g/mol. The number of aromatic amines is 1. The predicted octanol–water partition coefficient (Wildman–Crippen LogP) is 0.750. The number of carbonyl (C=O) groups is 1. The lowest BCUT2D eigenvalue weighted by atomic mass is 9.99. The van der Waals surface area contributed by atoms with Crippen molar-refractivity contribution in [1.29, 1.82) is 0 Å². The number of hydrogen-bond donors (Lipinski definition) is 2. The van der Waals surface area contributed by atoms with Gasteiger partial charge in [-0.2, -0.15) is 5.10 Å². The molecule has 0 fully saturated rings. The summed E-state index contributed by atoms with van der Waals surface area (Å²) in [6, 6.07) is 0. The summed E-state index contributed by atoms with van der Waals surface area (Å²) < 4.78 is 5.69. The van der Waals surface area contributed by atoms with E-state index in [-0.39, 0.29) is 5.60 Å². The van der Waals surface area contributed by atoms with Crippen LogP contribution in [0.15, 0.2) is 0 Å². The normalized spacial score (nSPS) is 19.3. The van der Waals surface area contributed by atoms with Crippen LogP contribution in [-0.4, -0.2) is 21.7 Å². The highest BCUT2D eigenvalue weighted by Gasteiger charge is 2.27. The fourth-order valence-electron chi connectivity index (χ4n) is 1.76. The van der Waals surface area contributed by atoms with Crippen LogP contribution in [0.3, 0.4) is 0 Å². The van der Waals surface area contributed by atoms with Gasteiger partial charge >= 0.3 is 0 Å². The minimum absolute atomic E-state index is 0.158. The number of nitrogens with two attached hydrogens (primary N) is 1. The summed E-state index contributed by atoms with van der Waals surface area (Å²) in [7, 11) is 0. The van der Waals surface area contributed by atoms with E-state index in [2.05, 4.69) is 10.2 Å². The molecule has 1 aromatic heterocycles. The van der Waals surface area contributed by atoms with Gasteiger partial charge < -0.3 is 10.5 Å². The van der Waals surface area contributed by atoms with Crippen molar-refractivity contribution in [3.05, 3.63) is 17.0 Å². The van der Waals surface area contributed by atoms with Crippen molar-refractivity contribution in [2.75, 3.05) is 0 Å². The van der Waals surface area contributed by atoms with Crippen LogP contribution >= 0.6 is 0 Å². The summed E-state index contributed by atoms with van der Waals surface area (Å²) in [5.74, 6) is -0.479. The summed E-state index contributed by atoms with van der Waals surface area (Å²) in [5, 5.41) is 6.72.